The topological polar surface area (TPSA) is 87.3 Å². The van der Waals surface area contributed by atoms with E-state index in [0.29, 0.717) is 17.5 Å². The number of hydrogen-bond donors (Lipinski definition) is 2. The van der Waals surface area contributed by atoms with E-state index in [0.717, 1.165) is 54.5 Å². The van der Waals surface area contributed by atoms with Gasteiger partial charge in [-0.05, 0) is 61.4 Å². The number of fused-ring (bicyclic) bond motifs is 1. The van der Waals surface area contributed by atoms with Crippen LogP contribution in [0.2, 0.25) is 0 Å². The van der Waals surface area contributed by atoms with Crippen LogP contribution in [0.15, 0.2) is 41.3 Å². The summed E-state index contributed by atoms with van der Waals surface area (Å²) in [6, 6.07) is 9.99. The normalized spacial score (nSPS) is 16.8. The Balaban J connectivity index is 1.17. The van der Waals surface area contributed by atoms with E-state index in [4.69, 9.17) is 4.74 Å². The molecule has 3 aromatic rings. The Labute approximate surface area is 180 Å². The molecule has 1 saturated carbocycles. The maximum Gasteiger partial charge on any atom is 0.270 e. The molecule has 0 bridgehead atoms. The number of nitrogens with one attached hydrogen (secondary N) is 2. The highest BCUT2D eigenvalue weighted by molar-refractivity contribution is 5.92. The fourth-order valence-corrected chi connectivity index (χ4v) is 3.97. The predicted octanol–water partition coefficient (Wildman–Crippen LogP) is 2.70. The lowest BCUT2D eigenvalue weighted by molar-refractivity contribution is 0.0142. The number of H-pyrrole nitrogens is 1. The molecule has 1 saturated heterocycles. The Hall–Kier alpha value is -3.19. The number of likely N-dealkylation sites (tertiary alicyclic amines) is 1. The number of nitrogens with zero attached hydrogens (tertiary/aromatic N) is 2. The Bertz CT molecular complexity index is 1190. The predicted molar refractivity (Wildman–Crippen MR) is 118 cm³/mol. The van der Waals surface area contributed by atoms with E-state index in [9.17, 15) is 9.59 Å². The van der Waals surface area contributed by atoms with Crippen molar-refractivity contribution in [3.8, 4) is 5.75 Å². The number of aryl methyl sites for hydroxylation is 2. The number of ether oxygens (including phenoxy) is 1. The number of carbonyl (C=O) groups excluding carboxylic acids is 1. The summed E-state index contributed by atoms with van der Waals surface area (Å²) in [7, 11) is 0. The molecule has 1 aliphatic heterocycles. The van der Waals surface area contributed by atoms with Crippen LogP contribution in [0.1, 0.15) is 40.0 Å². The van der Waals surface area contributed by atoms with Crippen molar-refractivity contribution in [2.24, 2.45) is 0 Å². The summed E-state index contributed by atoms with van der Waals surface area (Å²) in [6.07, 6.45) is 3.84. The first-order valence-corrected chi connectivity index (χ1v) is 10.7. The van der Waals surface area contributed by atoms with Crippen LogP contribution < -0.4 is 15.6 Å². The van der Waals surface area contributed by atoms with Crippen molar-refractivity contribution in [2.45, 2.75) is 45.4 Å². The van der Waals surface area contributed by atoms with E-state index < -0.39 is 0 Å². The largest absolute Gasteiger partial charge is 0.486 e. The molecule has 2 N–H and O–H groups in total. The highest BCUT2D eigenvalue weighted by Gasteiger charge is 2.29. The van der Waals surface area contributed by atoms with Crippen molar-refractivity contribution >= 4 is 16.8 Å². The smallest absolute Gasteiger partial charge is 0.270 e. The van der Waals surface area contributed by atoms with Crippen molar-refractivity contribution < 1.29 is 9.53 Å². The molecule has 7 nitrogen and oxygen atoms in total. The summed E-state index contributed by atoms with van der Waals surface area (Å²) in [5, 5.41) is 3.99. The number of benzene rings is 1. The summed E-state index contributed by atoms with van der Waals surface area (Å²) >= 11 is 0. The zero-order valence-corrected chi connectivity index (χ0v) is 17.8. The average molecular weight is 418 g/mol. The highest BCUT2D eigenvalue weighted by Crippen LogP contribution is 2.24. The van der Waals surface area contributed by atoms with E-state index in [-0.39, 0.29) is 17.6 Å². The fourth-order valence-electron chi connectivity index (χ4n) is 3.97. The van der Waals surface area contributed by atoms with Gasteiger partial charge in [0.05, 0.1) is 11.7 Å². The lowest BCUT2D eigenvalue weighted by atomic mass is 10.0. The number of pyridine rings is 2. The molecule has 0 atom stereocenters. The number of hydrogen-bond acceptors (Lipinski definition) is 5. The molecular formula is C24H26N4O3. The molecule has 1 aromatic carbocycles. The third kappa shape index (κ3) is 4.18. The fraction of sp³-hybridized carbons (Fsp3) is 0.375. The Kier molecular flexibility index (Phi) is 4.98. The standard InChI is InChI=1S/C24H26N4O3/c1-14-9-16-3-4-17(15(2)22(16)27-23(14)29)11-28-12-20(13-28)31-19-7-8-21(25-10-19)24(30)26-18-5-6-18/h3-4,7-10,18,20H,5-6,11-13H2,1-2H3,(H,26,30)(H,27,29). The number of aromatic nitrogens is 2. The number of amides is 1. The molecule has 0 spiro atoms. The average Bonchev–Trinajstić information content (AvgIpc) is 3.54. The van der Waals surface area contributed by atoms with Crippen molar-refractivity contribution in [1.82, 2.24) is 20.2 Å². The maximum atomic E-state index is 12.0. The zero-order valence-electron chi connectivity index (χ0n) is 17.8. The molecule has 31 heavy (non-hydrogen) atoms. The second-order valence-electron chi connectivity index (χ2n) is 8.66. The Morgan fingerprint density at radius 2 is 2.03 bits per heavy atom. The van der Waals surface area contributed by atoms with Crippen LogP contribution in [-0.4, -0.2) is 46.0 Å². The van der Waals surface area contributed by atoms with Crippen LogP contribution in [0.4, 0.5) is 0 Å². The Morgan fingerprint density at radius 1 is 1.23 bits per heavy atom. The molecule has 0 radical (unpaired) electrons. The second kappa shape index (κ2) is 7.81. The Morgan fingerprint density at radius 3 is 2.74 bits per heavy atom. The van der Waals surface area contributed by atoms with Crippen LogP contribution in [0, 0.1) is 13.8 Å². The quantitative estimate of drug-likeness (QED) is 0.643. The first-order valence-electron chi connectivity index (χ1n) is 10.7. The van der Waals surface area contributed by atoms with Crippen molar-refractivity contribution in [3.05, 3.63) is 69.3 Å². The van der Waals surface area contributed by atoms with Gasteiger partial charge in [0.1, 0.15) is 17.5 Å². The van der Waals surface area contributed by atoms with Crippen molar-refractivity contribution in [3.63, 3.8) is 0 Å². The zero-order chi connectivity index (χ0) is 21.5. The summed E-state index contributed by atoms with van der Waals surface area (Å²) < 4.78 is 5.99. The molecule has 2 aliphatic rings. The van der Waals surface area contributed by atoms with E-state index >= 15 is 0 Å². The molecule has 3 heterocycles. The molecule has 1 amide bonds. The monoisotopic (exact) mass is 418 g/mol. The molecule has 5 rings (SSSR count). The van der Waals surface area contributed by atoms with Gasteiger partial charge >= 0.3 is 0 Å². The van der Waals surface area contributed by atoms with Gasteiger partial charge in [-0.1, -0.05) is 12.1 Å². The van der Waals surface area contributed by atoms with Gasteiger partial charge in [-0.2, -0.15) is 0 Å². The van der Waals surface area contributed by atoms with Crippen LogP contribution in [-0.2, 0) is 6.54 Å². The third-order valence-electron chi connectivity index (χ3n) is 6.08. The van der Waals surface area contributed by atoms with E-state index in [1.807, 2.05) is 19.1 Å². The second-order valence-corrected chi connectivity index (χ2v) is 8.66. The molecule has 2 aromatic heterocycles. The number of carbonyl (C=O) groups is 1. The summed E-state index contributed by atoms with van der Waals surface area (Å²) in [6.45, 7) is 6.35. The number of aromatic amines is 1. The van der Waals surface area contributed by atoms with Crippen molar-refractivity contribution in [2.75, 3.05) is 13.1 Å². The van der Waals surface area contributed by atoms with E-state index in [2.05, 4.69) is 39.2 Å². The molecule has 7 heteroatoms. The van der Waals surface area contributed by atoms with Gasteiger partial charge in [0.25, 0.3) is 11.5 Å². The van der Waals surface area contributed by atoms with Gasteiger partial charge < -0.3 is 15.0 Å². The highest BCUT2D eigenvalue weighted by atomic mass is 16.5. The lowest BCUT2D eigenvalue weighted by Gasteiger charge is -2.39. The first-order chi connectivity index (χ1) is 15.0. The van der Waals surface area contributed by atoms with E-state index in [1.54, 1.807) is 12.3 Å². The maximum absolute atomic E-state index is 12.0. The minimum atomic E-state index is -0.119. The molecular weight excluding hydrogens is 392 g/mol. The van der Waals surface area contributed by atoms with Gasteiger partial charge in [-0.25, -0.2) is 4.98 Å². The van der Waals surface area contributed by atoms with Crippen LogP contribution in [0.5, 0.6) is 5.75 Å². The van der Waals surface area contributed by atoms with Gasteiger partial charge in [-0.15, -0.1) is 0 Å². The third-order valence-corrected chi connectivity index (χ3v) is 6.08. The number of rotatable bonds is 6. The van der Waals surface area contributed by atoms with Crippen LogP contribution >= 0.6 is 0 Å². The lowest BCUT2D eigenvalue weighted by Crippen LogP contribution is -2.53. The van der Waals surface area contributed by atoms with Gasteiger partial charge in [0.2, 0.25) is 0 Å². The van der Waals surface area contributed by atoms with Crippen LogP contribution in [0.3, 0.4) is 0 Å². The summed E-state index contributed by atoms with van der Waals surface area (Å²) in [4.78, 5) is 33.6. The summed E-state index contributed by atoms with van der Waals surface area (Å²) in [5.41, 5.74) is 4.36. The van der Waals surface area contributed by atoms with Crippen molar-refractivity contribution in [1.29, 1.82) is 0 Å². The van der Waals surface area contributed by atoms with Crippen LogP contribution in [0.25, 0.3) is 10.9 Å². The molecule has 2 fully saturated rings. The summed E-state index contributed by atoms with van der Waals surface area (Å²) in [5.74, 6) is 0.564. The molecule has 1 aliphatic carbocycles. The van der Waals surface area contributed by atoms with Gasteiger partial charge in [-0.3, -0.25) is 14.5 Å². The minimum absolute atomic E-state index is 0.0326. The van der Waals surface area contributed by atoms with Gasteiger partial charge in [0.15, 0.2) is 0 Å². The first kappa shape index (κ1) is 19.8. The van der Waals surface area contributed by atoms with E-state index in [1.165, 1.54) is 5.56 Å². The SMILES string of the molecule is Cc1cc2ccc(CN3CC(Oc4ccc(C(=O)NC5CC5)nc4)C3)c(C)c2[nH]c1=O. The molecule has 160 valence electrons. The molecule has 0 unspecified atom stereocenters. The van der Waals surface area contributed by atoms with Gasteiger partial charge in [0, 0.05) is 31.2 Å². The minimum Gasteiger partial charge on any atom is -0.486 e.